The molecule has 13 heavy (non-hydrogen) atoms. The molecule has 0 aromatic rings. The smallest absolute Gasteiger partial charge is 0.00641 e. The van der Waals surface area contributed by atoms with Crippen molar-refractivity contribution < 1.29 is 0 Å². The van der Waals surface area contributed by atoms with Crippen LogP contribution in [0.2, 0.25) is 0 Å². The first-order valence-corrected chi connectivity index (χ1v) is 5.70. The van der Waals surface area contributed by atoms with Gasteiger partial charge in [0.05, 0.1) is 0 Å². The van der Waals surface area contributed by atoms with Crippen LogP contribution in [-0.2, 0) is 0 Å². The molecule has 0 saturated carbocycles. The van der Waals surface area contributed by atoms with Crippen molar-refractivity contribution in [1.29, 1.82) is 0 Å². The van der Waals surface area contributed by atoms with Crippen molar-refractivity contribution in [2.24, 2.45) is 0 Å². The van der Waals surface area contributed by atoms with Gasteiger partial charge in [0.15, 0.2) is 0 Å². The van der Waals surface area contributed by atoms with E-state index in [2.05, 4.69) is 37.9 Å². The molecule has 0 aliphatic carbocycles. The Morgan fingerprint density at radius 2 is 1.92 bits per heavy atom. The number of nitrogens with zero attached hydrogens (tertiary/aromatic N) is 1. The van der Waals surface area contributed by atoms with E-state index in [1.807, 2.05) is 0 Å². The average molecular weight is 186 g/mol. The van der Waals surface area contributed by atoms with Crippen LogP contribution >= 0.6 is 0 Å². The van der Waals surface area contributed by atoms with Gasteiger partial charge in [0.25, 0.3) is 0 Å². The SMILES string of the molecule is CCNCCCN(CC)C(C)CC. The monoisotopic (exact) mass is 186 g/mol. The lowest BCUT2D eigenvalue weighted by atomic mass is 10.2. The molecule has 0 aliphatic rings. The summed E-state index contributed by atoms with van der Waals surface area (Å²) < 4.78 is 0. The zero-order chi connectivity index (χ0) is 10.1. The first kappa shape index (κ1) is 12.9. The molecule has 0 aliphatic heterocycles. The van der Waals surface area contributed by atoms with E-state index in [9.17, 15) is 0 Å². The highest BCUT2D eigenvalue weighted by molar-refractivity contribution is 4.64. The topological polar surface area (TPSA) is 15.3 Å². The molecule has 0 spiro atoms. The van der Waals surface area contributed by atoms with Crippen LogP contribution in [-0.4, -0.2) is 37.1 Å². The molecule has 0 amide bonds. The third-order valence-corrected chi connectivity index (χ3v) is 2.67. The third kappa shape index (κ3) is 6.05. The van der Waals surface area contributed by atoms with Gasteiger partial charge < -0.3 is 10.2 Å². The molecule has 1 N–H and O–H groups in total. The quantitative estimate of drug-likeness (QED) is 0.584. The van der Waals surface area contributed by atoms with E-state index in [1.54, 1.807) is 0 Å². The van der Waals surface area contributed by atoms with Crippen molar-refractivity contribution >= 4 is 0 Å². The number of hydrogen-bond donors (Lipinski definition) is 1. The summed E-state index contributed by atoms with van der Waals surface area (Å²) in [7, 11) is 0. The molecule has 0 rings (SSSR count). The highest BCUT2D eigenvalue weighted by atomic mass is 15.1. The predicted molar refractivity (Wildman–Crippen MR) is 60.2 cm³/mol. The van der Waals surface area contributed by atoms with Gasteiger partial charge in [-0.2, -0.15) is 0 Å². The molecular formula is C11H26N2. The first-order valence-electron chi connectivity index (χ1n) is 5.70. The van der Waals surface area contributed by atoms with Gasteiger partial charge in [0.1, 0.15) is 0 Å². The van der Waals surface area contributed by atoms with Crippen LogP contribution in [0.3, 0.4) is 0 Å². The molecule has 0 radical (unpaired) electrons. The zero-order valence-electron chi connectivity index (χ0n) is 9.77. The summed E-state index contributed by atoms with van der Waals surface area (Å²) in [5.74, 6) is 0. The van der Waals surface area contributed by atoms with Crippen LogP contribution in [0, 0.1) is 0 Å². The lowest BCUT2D eigenvalue weighted by molar-refractivity contribution is 0.212. The van der Waals surface area contributed by atoms with Crippen LogP contribution in [0.25, 0.3) is 0 Å². The molecule has 0 fully saturated rings. The second kappa shape index (κ2) is 8.52. The van der Waals surface area contributed by atoms with Crippen LogP contribution in [0.4, 0.5) is 0 Å². The van der Waals surface area contributed by atoms with Crippen molar-refractivity contribution in [1.82, 2.24) is 10.2 Å². The van der Waals surface area contributed by atoms with Crippen molar-refractivity contribution in [2.75, 3.05) is 26.2 Å². The van der Waals surface area contributed by atoms with E-state index in [4.69, 9.17) is 0 Å². The van der Waals surface area contributed by atoms with Crippen LogP contribution in [0.15, 0.2) is 0 Å². The van der Waals surface area contributed by atoms with E-state index < -0.39 is 0 Å². The maximum absolute atomic E-state index is 3.36. The van der Waals surface area contributed by atoms with Crippen molar-refractivity contribution in [3.63, 3.8) is 0 Å². The molecular weight excluding hydrogens is 160 g/mol. The van der Waals surface area contributed by atoms with Gasteiger partial charge in [0.2, 0.25) is 0 Å². The van der Waals surface area contributed by atoms with Gasteiger partial charge >= 0.3 is 0 Å². The summed E-state index contributed by atoms with van der Waals surface area (Å²) >= 11 is 0. The Labute approximate surface area is 83.7 Å². The Kier molecular flexibility index (Phi) is 8.46. The Morgan fingerprint density at radius 3 is 2.38 bits per heavy atom. The summed E-state index contributed by atoms with van der Waals surface area (Å²) in [5.41, 5.74) is 0. The number of nitrogens with one attached hydrogen (secondary N) is 1. The third-order valence-electron chi connectivity index (χ3n) is 2.67. The minimum absolute atomic E-state index is 0.742. The molecule has 0 saturated heterocycles. The van der Waals surface area contributed by atoms with Gasteiger partial charge in [-0.1, -0.05) is 20.8 Å². The molecule has 0 bridgehead atoms. The van der Waals surface area contributed by atoms with Crippen molar-refractivity contribution in [2.45, 2.75) is 46.6 Å². The predicted octanol–water partition coefficient (Wildman–Crippen LogP) is 2.11. The van der Waals surface area contributed by atoms with Gasteiger partial charge in [0, 0.05) is 6.04 Å². The van der Waals surface area contributed by atoms with Gasteiger partial charge in [-0.3, -0.25) is 0 Å². The maximum Gasteiger partial charge on any atom is 0.00641 e. The average Bonchev–Trinajstić information content (AvgIpc) is 2.17. The van der Waals surface area contributed by atoms with Gasteiger partial charge in [-0.25, -0.2) is 0 Å². The fraction of sp³-hybridized carbons (Fsp3) is 1.00. The van der Waals surface area contributed by atoms with Crippen molar-refractivity contribution in [3.8, 4) is 0 Å². The standard InChI is InChI=1S/C11H26N2/c1-5-11(4)13(7-3)10-8-9-12-6-2/h11-12H,5-10H2,1-4H3. The second-order valence-corrected chi connectivity index (χ2v) is 3.59. The molecule has 1 unspecified atom stereocenters. The fourth-order valence-corrected chi connectivity index (χ4v) is 1.53. The molecule has 1 atom stereocenters. The maximum atomic E-state index is 3.36. The number of rotatable bonds is 8. The van der Waals surface area contributed by atoms with Crippen LogP contribution in [0.5, 0.6) is 0 Å². The summed E-state index contributed by atoms with van der Waals surface area (Å²) in [6.07, 6.45) is 2.53. The van der Waals surface area contributed by atoms with E-state index >= 15 is 0 Å². The van der Waals surface area contributed by atoms with E-state index in [0.29, 0.717) is 0 Å². The van der Waals surface area contributed by atoms with Crippen LogP contribution in [0.1, 0.15) is 40.5 Å². The summed E-state index contributed by atoms with van der Waals surface area (Å²) in [6, 6.07) is 0.742. The van der Waals surface area contributed by atoms with Crippen LogP contribution < -0.4 is 5.32 Å². The Bertz CT molecular complexity index is 104. The molecule has 2 heteroatoms. The Hall–Kier alpha value is -0.0800. The summed E-state index contributed by atoms with van der Waals surface area (Å²) in [4.78, 5) is 2.55. The first-order chi connectivity index (χ1) is 6.26. The lowest BCUT2D eigenvalue weighted by Gasteiger charge is -2.26. The minimum Gasteiger partial charge on any atom is -0.317 e. The normalized spacial score (nSPS) is 13.6. The van der Waals surface area contributed by atoms with E-state index in [1.165, 1.54) is 25.9 Å². The second-order valence-electron chi connectivity index (χ2n) is 3.59. The zero-order valence-corrected chi connectivity index (χ0v) is 9.77. The highest BCUT2D eigenvalue weighted by Gasteiger charge is 2.08. The van der Waals surface area contributed by atoms with E-state index in [0.717, 1.165) is 19.1 Å². The fourth-order valence-electron chi connectivity index (χ4n) is 1.53. The summed E-state index contributed by atoms with van der Waals surface area (Å²) in [5, 5.41) is 3.36. The number of hydrogen-bond acceptors (Lipinski definition) is 2. The van der Waals surface area contributed by atoms with Gasteiger partial charge in [-0.05, 0) is 45.9 Å². The molecule has 80 valence electrons. The molecule has 0 aromatic carbocycles. The van der Waals surface area contributed by atoms with Crippen molar-refractivity contribution in [3.05, 3.63) is 0 Å². The largest absolute Gasteiger partial charge is 0.317 e. The molecule has 0 heterocycles. The van der Waals surface area contributed by atoms with E-state index in [-0.39, 0.29) is 0 Å². The van der Waals surface area contributed by atoms with Gasteiger partial charge in [-0.15, -0.1) is 0 Å². The Morgan fingerprint density at radius 1 is 1.23 bits per heavy atom. The summed E-state index contributed by atoms with van der Waals surface area (Å²) in [6.45, 7) is 13.7. The lowest BCUT2D eigenvalue weighted by Crippen LogP contribution is -2.34. The molecule has 0 aromatic heterocycles. The Balaban J connectivity index is 3.47. The minimum atomic E-state index is 0.742. The molecule has 2 nitrogen and oxygen atoms in total. The highest BCUT2D eigenvalue weighted by Crippen LogP contribution is 2.03.